The quantitative estimate of drug-likeness (QED) is 0.689. The van der Waals surface area contributed by atoms with E-state index in [2.05, 4.69) is 26.3 Å². The molecule has 0 saturated carbocycles. The first kappa shape index (κ1) is 13.2. The molecule has 0 saturated heterocycles. The summed E-state index contributed by atoms with van der Waals surface area (Å²) in [5.74, 6) is -0.384. The molecule has 0 atom stereocenters. The first-order valence-electron chi connectivity index (χ1n) is 5.27. The average molecular weight is 325 g/mol. The van der Waals surface area contributed by atoms with Gasteiger partial charge in [-0.05, 0) is 22.0 Å². The summed E-state index contributed by atoms with van der Waals surface area (Å²) in [7, 11) is 0. The summed E-state index contributed by atoms with van der Waals surface area (Å²) in [5, 5.41) is 17.2. The normalized spacial score (nSPS) is 10.2. The second-order valence-electron chi connectivity index (χ2n) is 3.68. The number of benzene rings is 1. The van der Waals surface area contributed by atoms with Gasteiger partial charge in [-0.3, -0.25) is 19.6 Å². The predicted octanol–water partition coefficient (Wildman–Crippen LogP) is 2.19. The molecule has 1 aromatic carbocycles. The van der Waals surface area contributed by atoms with Crippen LogP contribution in [-0.2, 0) is 11.3 Å². The molecule has 98 valence electrons. The number of hydrogen-bond donors (Lipinski definition) is 1. The minimum Gasteiger partial charge on any atom is -0.319 e. The van der Waals surface area contributed by atoms with Crippen molar-refractivity contribution in [2.75, 3.05) is 5.32 Å². The lowest BCUT2D eigenvalue weighted by Gasteiger charge is -2.05. The van der Waals surface area contributed by atoms with E-state index < -0.39 is 4.92 Å². The van der Waals surface area contributed by atoms with Crippen LogP contribution in [0.25, 0.3) is 0 Å². The van der Waals surface area contributed by atoms with Crippen LogP contribution in [0.4, 0.5) is 11.4 Å². The standard InChI is InChI=1S/C11H9BrN4O3/c12-8-5-13-15(6-8)7-11(17)14-9-3-1-2-4-10(9)16(18)19/h1-6H,7H2,(H,14,17). The highest BCUT2D eigenvalue weighted by molar-refractivity contribution is 9.10. The molecule has 0 aliphatic heterocycles. The van der Waals surface area contributed by atoms with Crippen molar-refractivity contribution in [1.82, 2.24) is 9.78 Å². The van der Waals surface area contributed by atoms with Crippen molar-refractivity contribution in [3.8, 4) is 0 Å². The molecule has 1 heterocycles. The van der Waals surface area contributed by atoms with E-state index in [1.54, 1.807) is 24.5 Å². The van der Waals surface area contributed by atoms with Crippen molar-refractivity contribution in [2.45, 2.75) is 6.54 Å². The molecule has 2 rings (SSSR count). The van der Waals surface area contributed by atoms with Crippen molar-refractivity contribution >= 4 is 33.2 Å². The lowest BCUT2D eigenvalue weighted by Crippen LogP contribution is -2.19. The second kappa shape index (κ2) is 5.61. The summed E-state index contributed by atoms with van der Waals surface area (Å²) in [6.07, 6.45) is 3.19. The Balaban J connectivity index is 2.09. The average Bonchev–Trinajstić information content (AvgIpc) is 2.75. The van der Waals surface area contributed by atoms with Crippen LogP contribution in [0, 0.1) is 10.1 Å². The number of hydrogen-bond acceptors (Lipinski definition) is 4. The Morgan fingerprint density at radius 3 is 2.84 bits per heavy atom. The van der Waals surface area contributed by atoms with E-state index in [0.29, 0.717) is 0 Å². The number of nitro benzene ring substituents is 1. The first-order chi connectivity index (χ1) is 9.06. The van der Waals surface area contributed by atoms with Crippen LogP contribution in [0.2, 0.25) is 0 Å². The van der Waals surface area contributed by atoms with E-state index in [1.165, 1.54) is 16.8 Å². The van der Waals surface area contributed by atoms with E-state index >= 15 is 0 Å². The maximum absolute atomic E-state index is 11.8. The largest absolute Gasteiger partial charge is 0.319 e. The summed E-state index contributed by atoms with van der Waals surface area (Å²) in [6.45, 7) is -0.0162. The number of rotatable bonds is 4. The fourth-order valence-electron chi connectivity index (χ4n) is 1.50. The first-order valence-corrected chi connectivity index (χ1v) is 6.07. The minimum absolute atomic E-state index is 0.0162. The molecule has 0 aliphatic carbocycles. The van der Waals surface area contributed by atoms with Gasteiger partial charge < -0.3 is 5.32 Å². The highest BCUT2D eigenvalue weighted by atomic mass is 79.9. The van der Waals surface area contributed by atoms with Gasteiger partial charge >= 0.3 is 0 Å². The topological polar surface area (TPSA) is 90.1 Å². The van der Waals surface area contributed by atoms with Gasteiger partial charge in [-0.1, -0.05) is 12.1 Å². The Kier molecular flexibility index (Phi) is 3.91. The van der Waals surface area contributed by atoms with Crippen molar-refractivity contribution in [1.29, 1.82) is 0 Å². The van der Waals surface area contributed by atoms with Crippen molar-refractivity contribution in [2.24, 2.45) is 0 Å². The third-order valence-corrected chi connectivity index (χ3v) is 2.69. The van der Waals surface area contributed by atoms with Crippen molar-refractivity contribution < 1.29 is 9.72 Å². The van der Waals surface area contributed by atoms with Gasteiger partial charge in [0.2, 0.25) is 5.91 Å². The molecule has 1 N–H and O–H groups in total. The molecule has 0 aliphatic rings. The zero-order chi connectivity index (χ0) is 13.8. The maximum Gasteiger partial charge on any atom is 0.292 e. The third-order valence-electron chi connectivity index (χ3n) is 2.28. The minimum atomic E-state index is -0.542. The Hall–Kier alpha value is -2.22. The molecule has 0 bridgehead atoms. The van der Waals surface area contributed by atoms with Gasteiger partial charge in [0.1, 0.15) is 12.2 Å². The molecule has 7 nitrogen and oxygen atoms in total. The van der Waals surface area contributed by atoms with Crippen LogP contribution >= 0.6 is 15.9 Å². The molecule has 0 unspecified atom stereocenters. The SMILES string of the molecule is O=C(Cn1cc(Br)cn1)Nc1ccccc1[N+](=O)[O-]. The lowest BCUT2D eigenvalue weighted by atomic mass is 10.2. The smallest absolute Gasteiger partial charge is 0.292 e. The van der Waals surface area contributed by atoms with Gasteiger partial charge in [0.25, 0.3) is 5.69 Å². The van der Waals surface area contributed by atoms with Gasteiger partial charge in [-0.25, -0.2) is 0 Å². The van der Waals surface area contributed by atoms with E-state index in [-0.39, 0.29) is 23.8 Å². The van der Waals surface area contributed by atoms with Crippen LogP contribution in [0.15, 0.2) is 41.1 Å². The molecule has 8 heteroatoms. The van der Waals surface area contributed by atoms with Crippen molar-refractivity contribution in [3.63, 3.8) is 0 Å². The van der Waals surface area contributed by atoms with Gasteiger partial charge in [-0.2, -0.15) is 5.10 Å². The number of carbonyl (C=O) groups excluding carboxylic acids is 1. The monoisotopic (exact) mass is 324 g/mol. The summed E-state index contributed by atoms with van der Waals surface area (Å²) >= 11 is 3.22. The van der Waals surface area contributed by atoms with E-state index in [4.69, 9.17) is 0 Å². The summed E-state index contributed by atoms with van der Waals surface area (Å²) in [5.41, 5.74) is 0.0289. The molecule has 0 spiro atoms. The highest BCUT2D eigenvalue weighted by Gasteiger charge is 2.14. The summed E-state index contributed by atoms with van der Waals surface area (Å²) < 4.78 is 2.18. The van der Waals surface area contributed by atoms with E-state index in [0.717, 1.165) is 4.47 Å². The molecule has 1 aromatic heterocycles. The summed E-state index contributed by atoms with van der Waals surface area (Å²) in [6, 6.07) is 5.97. The van der Waals surface area contributed by atoms with Gasteiger partial charge in [0.05, 0.1) is 15.6 Å². The number of nitro groups is 1. The Morgan fingerprint density at radius 2 is 2.21 bits per heavy atom. The van der Waals surface area contributed by atoms with Crippen LogP contribution in [0.1, 0.15) is 0 Å². The lowest BCUT2D eigenvalue weighted by molar-refractivity contribution is -0.383. The van der Waals surface area contributed by atoms with E-state index in [1.807, 2.05) is 0 Å². The van der Waals surface area contributed by atoms with Crippen LogP contribution in [0.3, 0.4) is 0 Å². The Morgan fingerprint density at radius 1 is 1.47 bits per heavy atom. The van der Waals surface area contributed by atoms with E-state index in [9.17, 15) is 14.9 Å². The fraction of sp³-hybridized carbons (Fsp3) is 0.0909. The molecule has 2 aromatic rings. The zero-order valence-electron chi connectivity index (χ0n) is 9.62. The van der Waals surface area contributed by atoms with Gasteiger partial charge in [0.15, 0.2) is 0 Å². The Bertz CT molecular complexity index is 626. The van der Waals surface area contributed by atoms with Crippen LogP contribution in [0.5, 0.6) is 0 Å². The predicted molar refractivity (Wildman–Crippen MR) is 71.7 cm³/mol. The number of aromatic nitrogens is 2. The maximum atomic E-state index is 11.8. The highest BCUT2D eigenvalue weighted by Crippen LogP contribution is 2.23. The molecular formula is C11H9BrN4O3. The fourth-order valence-corrected chi connectivity index (χ4v) is 1.83. The summed E-state index contributed by atoms with van der Waals surface area (Å²) in [4.78, 5) is 22.0. The molecule has 1 amide bonds. The van der Waals surface area contributed by atoms with Crippen LogP contribution < -0.4 is 5.32 Å². The number of anilines is 1. The number of halogens is 1. The molecular weight excluding hydrogens is 316 g/mol. The number of carbonyl (C=O) groups is 1. The zero-order valence-corrected chi connectivity index (χ0v) is 11.2. The molecule has 0 fully saturated rings. The number of nitrogens with zero attached hydrogens (tertiary/aromatic N) is 3. The third kappa shape index (κ3) is 3.38. The van der Waals surface area contributed by atoms with Crippen molar-refractivity contribution in [3.05, 3.63) is 51.2 Å². The number of amides is 1. The number of nitrogens with one attached hydrogen (secondary N) is 1. The molecule has 0 radical (unpaired) electrons. The van der Waals surface area contributed by atoms with Gasteiger partial charge in [0, 0.05) is 12.3 Å². The second-order valence-corrected chi connectivity index (χ2v) is 4.59. The Labute approximate surface area is 116 Å². The van der Waals surface area contributed by atoms with Crippen LogP contribution in [-0.4, -0.2) is 20.6 Å². The molecule has 19 heavy (non-hydrogen) atoms. The number of para-hydroxylation sites is 2. The van der Waals surface area contributed by atoms with Gasteiger partial charge in [-0.15, -0.1) is 0 Å².